The number of carbonyl (C=O) groups is 2. The van der Waals surface area contributed by atoms with E-state index in [9.17, 15) is 9.59 Å². The number of hydrogen-bond acceptors (Lipinski definition) is 4. The van der Waals surface area contributed by atoms with Gasteiger partial charge in [0.15, 0.2) is 5.82 Å². The van der Waals surface area contributed by atoms with Gasteiger partial charge in [-0.1, -0.05) is 18.2 Å². The molecule has 8 heteroatoms. The van der Waals surface area contributed by atoms with Crippen molar-refractivity contribution in [3.05, 3.63) is 59.7 Å². The van der Waals surface area contributed by atoms with Gasteiger partial charge in [0.1, 0.15) is 11.3 Å². The first-order chi connectivity index (χ1) is 12.6. The minimum Gasteiger partial charge on any atom is -0.363 e. The van der Waals surface area contributed by atoms with Crippen molar-refractivity contribution in [2.75, 3.05) is 6.54 Å². The lowest BCUT2D eigenvalue weighted by atomic mass is 10.1. The SMILES string of the molecule is NC(=O)c1nc2c(C(=O)NCCc3nc4ccccc4[nH]3)cccc2[nH]1. The summed E-state index contributed by atoms with van der Waals surface area (Å²) in [6.45, 7) is 0.419. The predicted molar refractivity (Wildman–Crippen MR) is 96.7 cm³/mol. The summed E-state index contributed by atoms with van der Waals surface area (Å²) in [5.41, 5.74) is 8.49. The Bertz CT molecular complexity index is 1090. The van der Waals surface area contributed by atoms with Gasteiger partial charge in [-0.3, -0.25) is 9.59 Å². The Hall–Kier alpha value is -3.68. The van der Waals surface area contributed by atoms with E-state index in [-0.39, 0.29) is 11.7 Å². The van der Waals surface area contributed by atoms with E-state index < -0.39 is 5.91 Å². The van der Waals surface area contributed by atoms with Crippen LogP contribution in [0.3, 0.4) is 0 Å². The van der Waals surface area contributed by atoms with Crippen molar-refractivity contribution >= 4 is 33.9 Å². The van der Waals surface area contributed by atoms with Gasteiger partial charge < -0.3 is 21.0 Å². The Morgan fingerprint density at radius 2 is 1.81 bits per heavy atom. The van der Waals surface area contributed by atoms with E-state index in [4.69, 9.17) is 5.73 Å². The van der Waals surface area contributed by atoms with E-state index in [1.165, 1.54) is 0 Å². The zero-order valence-electron chi connectivity index (χ0n) is 13.7. The molecule has 0 radical (unpaired) electrons. The summed E-state index contributed by atoms with van der Waals surface area (Å²) < 4.78 is 0. The molecule has 0 atom stereocenters. The zero-order chi connectivity index (χ0) is 18.1. The number of benzene rings is 2. The second-order valence-corrected chi connectivity index (χ2v) is 5.86. The first-order valence-corrected chi connectivity index (χ1v) is 8.12. The molecular weight excluding hydrogens is 332 g/mol. The quantitative estimate of drug-likeness (QED) is 0.435. The van der Waals surface area contributed by atoms with E-state index in [0.29, 0.717) is 29.6 Å². The second-order valence-electron chi connectivity index (χ2n) is 5.86. The fourth-order valence-electron chi connectivity index (χ4n) is 2.85. The predicted octanol–water partition coefficient (Wildman–Crippen LogP) is 1.51. The number of para-hydroxylation sites is 3. The molecule has 0 aliphatic heterocycles. The number of aromatic nitrogens is 4. The van der Waals surface area contributed by atoms with Crippen LogP contribution in [0.25, 0.3) is 22.1 Å². The number of hydrogen-bond donors (Lipinski definition) is 4. The van der Waals surface area contributed by atoms with Gasteiger partial charge in [0.25, 0.3) is 11.8 Å². The molecule has 0 aliphatic carbocycles. The largest absolute Gasteiger partial charge is 0.363 e. The summed E-state index contributed by atoms with van der Waals surface area (Å²) in [6, 6.07) is 12.9. The molecule has 130 valence electrons. The first-order valence-electron chi connectivity index (χ1n) is 8.12. The standard InChI is InChI=1S/C18H16N6O2/c19-16(25)17-23-13-7-3-4-10(15(13)24-17)18(26)20-9-8-14-21-11-5-1-2-6-12(11)22-14/h1-7H,8-9H2,(H2,19,25)(H,20,26)(H,21,22)(H,23,24). The minimum absolute atomic E-state index is 0.0301. The van der Waals surface area contributed by atoms with Crippen LogP contribution in [0.5, 0.6) is 0 Å². The number of carbonyl (C=O) groups excluding carboxylic acids is 2. The average Bonchev–Trinajstić information content (AvgIpc) is 3.24. The minimum atomic E-state index is -0.669. The van der Waals surface area contributed by atoms with E-state index in [2.05, 4.69) is 25.3 Å². The Kier molecular flexibility index (Phi) is 3.85. The van der Waals surface area contributed by atoms with Gasteiger partial charge in [-0.25, -0.2) is 9.97 Å². The number of amides is 2. The van der Waals surface area contributed by atoms with Crippen molar-refractivity contribution in [2.45, 2.75) is 6.42 Å². The smallest absolute Gasteiger partial charge is 0.284 e. The summed E-state index contributed by atoms with van der Waals surface area (Å²) in [7, 11) is 0. The first kappa shape index (κ1) is 15.8. The highest BCUT2D eigenvalue weighted by Crippen LogP contribution is 2.16. The van der Waals surface area contributed by atoms with Crippen molar-refractivity contribution in [1.82, 2.24) is 25.3 Å². The van der Waals surface area contributed by atoms with Crippen molar-refractivity contribution in [3.63, 3.8) is 0 Å². The van der Waals surface area contributed by atoms with E-state index >= 15 is 0 Å². The molecule has 4 rings (SSSR count). The lowest BCUT2D eigenvalue weighted by Crippen LogP contribution is -2.26. The highest BCUT2D eigenvalue weighted by molar-refractivity contribution is 6.06. The number of nitrogens with zero attached hydrogens (tertiary/aromatic N) is 2. The van der Waals surface area contributed by atoms with Crippen LogP contribution in [0, 0.1) is 0 Å². The topological polar surface area (TPSA) is 130 Å². The maximum Gasteiger partial charge on any atom is 0.284 e. The summed E-state index contributed by atoms with van der Waals surface area (Å²) in [4.78, 5) is 38.4. The fourth-order valence-corrected chi connectivity index (χ4v) is 2.85. The van der Waals surface area contributed by atoms with Crippen LogP contribution in [0.15, 0.2) is 42.5 Å². The van der Waals surface area contributed by atoms with Gasteiger partial charge in [-0.15, -0.1) is 0 Å². The Morgan fingerprint density at radius 1 is 1.00 bits per heavy atom. The van der Waals surface area contributed by atoms with Crippen molar-refractivity contribution in [2.24, 2.45) is 5.73 Å². The lowest BCUT2D eigenvalue weighted by molar-refractivity contribution is 0.0953. The van der Waals surface area contributed by atoms with Crippen LogP contribution < -0.4 is 11.1 Å². The molecule has 0 aliphatic rings. The average molecular weight is 348 g/mol. The van der Waals surface area contributed by atoms with Crippen molar-refractivity contribution < 1.29 is 9.59 Å². The molecule has 26 heavy (non-hydrogen) atoms. The van der Waals surface area contributed by atoms with Crippen molar-refractivity contribution in [3.8, 4) is 0 Å². The molecule has 0 bridgehead atoms. The molecule has 0 unspecified atom stereocenters. The number of H-pyrrole nitrogens is 2. The van der Waals surface area contributed by atoms with Gasteiger partial charge >= 0.3 is 0 Å². The third-order valence-corrected chi connectivity index (χ3v) is 4.08. The molecule has 4 aromatic rings. The molecule has 0 saturated heterocycles. The molecule has 5 N–H and O–H groups in total. The van der Waals surface area contributed by atoms with Gasteiger partial charge in [0.05, 0.1) is 22.1 Å². The molecule has 0 fully saturated rings. The lowest BCUT2D eigenvalue weighted by Gasteiger charge is -2.04. The van der Waals surface area contributed by atoms with E-state index in [1.807, 2.05) is 24.3 Å². The number of nitrogens with one attached hydrogen (secondary N) is 3. The summed E-state index contributed by atoms with van der Waals surface area (Å²) >= 11 is 0. The molecule has 2 heterocycles. The normalized spacial score (nSPS) is 11.1. The number of primary amides is 1. The number of fused-ring (bicyclic) bond motifs is 2. The van der Waals surface area contributed by atoms with Gasteiger partial charge in [-0.05, 0) is 24.3 Å². The zero-order valence-corrected chi connectivity index (χ0v) is 13.7. The Labute approximate surface area is 147 Å². The molecule has 8 nitrogen and oxygen atoms in total. The molecule has 2 aromatic heterocycles. The number of imidazole rings is 2. The van der Waals surface area contributed by atoms with Gasteiger partial charge in [-0.2, -0.15) is 0 Å². The fraction of sp³-hybridized carbons (Fsp3) is 0.111. The Morgan fingerprint density at radius 3 is 2.62 bits per heavy atom. The maximum atomic E-state index is 12.5. The molecule has 2 amide bonds. The second kappa shape index (κ2) is 6.32. The molecule has 0 spiro atoms. The van der Waals surface area contributed by atoms with Crippen LogP contribution in [-0.2, 0) is 6.42 Å². The van der Waals surface area contributed by atoms with E-state index in [0.717, 1.165) is 16.9 Å². The maximum absolute atomic E-state index is 12.5. The molecule has 2 aromatic carbocycles. The van der Waals surface area contributed by atoms with Crippen LogP contribution in [0.2, 0.25) is 0 Å². The van der Waals surface area contributed by atoms with Gasteiger partial charge in [0.2, 0.25) is 0 Å². The summed E-state index contributed by atoms with van der Waals surface area (Å²) in [5.74, 6) is -0.102. The number of aromatic amines is 2. The third kappa shape index (κ3) is 2.88. The molecular formula is C18H16N6O2. The number of nitrogens with two attached hydrogens (primary N) is 1. The van der Waals surface area contributed by atoms with Crippen LogP contribution in [-0.4, -0.2) is 38.3 Å². The number of rotatable bonds is 5. The molecule has 0 saturated carbocycles. The monoisotopic (exact) mass is 348 g/mol. The van der Waals surface area contributed by atoms with Gasteiger partial charge in [0, 0.05) is 13.0 Å². The summed E-state index contributed by atoms with van der Waals surface area (Å²) in [6.07, 6.45) is 0.573. The highest BCUT2D eigenvalue weighted by atomic mass is 16.2. The third-order valence-electron chi connectivity index (χ3n) is 4.08. The van der Waals surface area contributed by atoms with Crippen LogP contribution in [0.1, 0.15) is 26.8 Å². The van der Waals surface area contributed by atoms with Crippen LogP contribution >= 0.6 is 0 Å². The van der Waals surface area contributed by atoms with Crippen LogP contribution in [0.4, 0.5) is 0 Å². The van der Waals surface area contributed by atoms with Crippen molar-refractivity contribution in [1.29, 1.82) is 0 Å². The Balaban J connectivity index is 1.48. The summed E-state index contributed by atoms with van der Waals surface area (Å²) in [5, 5.41) is 2.85. The highest BCUT2D eigenvalue weighted by Gasteiger charge is 2.15. The van der Waals surface area contributed by atoms with E-state index in [1.54, 1.807) is 18.2 Å².